The summed E-state index contributed by atoms with van der Waals surface area (Å²) in [5.41, 5.74) is 4.20. The Kier molecular flexibility index (Phi) is 1.47. The first-order valence-corrected chi connectivity index (χ1v) is 5.53. The zero-order valence-electron chi connectivity index (χ0n) is 9.33. The largest absolute Gasteiger partial charge is 0.297 e. The van der Waals surface area contributed by atoms with Gasteiger partial charge >= 0.3 is 0 Å². The zero-order valence-corrected chi connectivity index (χ0v) is 9.33. The second-order valence-electron chi connectivity index (χ2n) is 4.14. The first-order chi connectivity index (χ1) is 8.36. The predicted octanol–water partition coefficient (Wildman–Crippen LogP) is 2.37. The molecule has 82 valence electrons. The fourth-order valence-electron chi connectivity index (χ4n) is 2.39. The maximum atomic E-state index is 4.64. The highest BCUT2D eigenvalue weighted by atomic mass is 15.2. The Labute approximate surface area is 97.1 Å². The second-order valence-corrected chi connectivity index (χ2v) is 4.14. The lowest BCUT2D eigenvalue weighted by atomic mass is 10.3. The second kappa shape index (κ2) is 2.85. The van der Waals surface area contributed by atoms with Gasteiger partial charge in [0.1, 0.15) is 0 Å². The van der Waals surface area contributed by atoms with Crippen molar-refractivity contribution in [1.82, 2.24) is 18.9 Å². The van der Waals surface area contributed by atoms with Crippen molar-refractivity contribution in [3.63, 3.8) is 0 Å². The van der Waals surface area contributed by atoms with Crippen LogP contribution in [0.3, 0.4) is 0 Å². The molecule has 0 saturated carbocycles. The minimum absolute atomic E-state index is 0.930. The number of pyridine rings is 1. The fraction of sp³-hybridized carbons (Fsp3) is 0.0769. The first-order valence-electron chi connectivity index (χ1n) is 5.53. The van der Waals surface area contributed by atoms with Crippen molar-refractivity contribution in [2.24, 2.45) is 7.05 Å². The van der Waals surface area contributed by atoms with Gasteiger partial charge in [-0.25, -0.2) is 9.97 Å². The molecule has 0 atom stereocenters. The van der Waals surface area contributed by atoms with Crippen molar-refractivity contribution >= 4 is 28.0 Å². The minimum atomic E-state index is 0.930. The van der Waals surface area contributed by atoms with Gasteiger partial charge in [0.15, 0.2) is 5.65 Å². The summed E-state index contributed by atoms with van der Waals surface area (Å²) in [6, 6.07) is 12.2. The maximum absolute atomic E-state index is 4.64. The highest BCUT2D eigenvalue weighted by Crippen LogP contribution is 2.23. The molecule has 0 aliphatic rings. The normalized spacial score (nSPS) is 11.8. The van der Waals surface area contributed by atoms with Crippen LogP contribution >= 0.6 is 0 Å². The van der Waals surface area contributed by atoms with Gasteiger partial charge in [-0.1, -0.05) is 12.1 Å². The standard InChI is InChI=1S/C13H10N4/c1-16-12-11(7-4-8-14-12)17-10-6-3-2-5-9(10)15-13(16)17/h2-8H,1H3. The highest BCUT2D eigenvalue weighted by Gasteiger charge is 2.13. The van der Waals surface area contributed by atoms with Gasteiger partial charge in [0.05, 0.1) is 16.6 Å². The van der Waals surface area contributed by atoms with E-state index >= 15 is 0 Å². The van der Waals surface area contributed by atoms with E-state index in [1.54, 1.807) is 0 Å². The minimum Gasteiger partial charge on any atom is -0.297 e. The molecule has 3 aromatic heterocycles. The van der Waals surface area contributed by atoms with E-state index in [9.17, 15) is 0 Å². The van der Waals surface area contributed by atoms with Crippen LogP contribution in [-0.4, -0.2) is 18.9 Å². The van der Waals surface area contributed by atoms with E-state index < -0.39 is 0 Å². The van der Waals surface area contributed by atoms with E-state index in [1.807, 2.05) is 42.1 Å². The monoisotopic (exact) mass is 222 g/mol. The van der Waals surface area contributed by atoms with Gasteiger partial charge in [-0.05, 0) is 24.3 Å². The molecule has 4 aromatic rings. The lowest BCUT2D eigenvalue weighted by Crippen LogP contribution is -1.89. The number of hydrogen-bond acceptors (Lipinski definition) is 2. The number of nitrogens with zero attached hydrogens (tertiary/aromatic N) is 4. The van der Waals surface area contributed by atoms with Crippen molar-refractivity contribution in [2.45, 2.75) is 0 Å². The van der Waals surface area contributed by atoms with E-state index in [1.165, 1.54) is 0 Å². The van der Waals surface area contributed by atoms with Crippen LogP contribution in [0.4, 0.5) is 0 Å². The molecule has 4 heteroatoms. The van der Waals surface area contributed by atoms with Crippen LogP contribution in [-0.2, 0) is 7.05 Å². The Morgan fingerprint density at radius 3 is 2.76 bits per heavy atom. The van der Waals surface area contributed by atoms with Crippen molar-refractivity contribution in [3.8, 4) is 0 Å². The summed E-state index contributed by atoms with van der Waals surface area (Å²) in [5.74, 6) is 0.930. The average molecular weight is 222 g/mol. The molecule has 0 radical (unpaired) electrons. The number of benzene rings is 1. The quantitative estimate of drug-likeness (QED) is 0.458. The number of rotatable bonds is 0. The summed E-state index contributed by atoms with van der Waals surface area (Å²) < 4.78 is 4.17. The van der Waals surface area contributed by atoms with Gasteiger partial charge in [-0.3, -0.25) is 8.97 Å². The maximum Gasteiger partial charge on any atom is 0.216 e. The summed E-state index contributed by atoms with van der Waals surface area (Å²) in [6.07, 6.45) is 1.81. The van der Waals surface area contributed by atoms with Gasteiger partial charge in [0, 0.05) is 13.2 Å². The topological polar surface area (TPSA) is 35.1 Å². The Morgan fingerprint density at radius 2 is 1.82 bits per heavy atom. The molecule has 0 bridgehead atoms. The molecular weight excluding hydrogens is 212 g/mol. The van der Waals surface area contributed by atoms with Crippen LogP contribution in [0.25, 0.3) is 28.0 Å². The Morgan fingerprint density at radius 1 is 1.00 bits per heavy atom. The number of aromatic nitrogens is 4. The number of hydrogen-bond donors (Lipinski definition) is 0. The number of fused-ring (bicyclic) bond motifs is 5. The van der Waals surface area contributed by atoms with Crippen molar-refractivity contribution in [3.05, 3.63) is 42.6 Å². The molecule has 3 heterocycles. The predicted molar refractivity (Wildman–Crippen MR) is 67.0 cm³/mol. The van der Waals surface area contributed by atoms with Gasteiger partial charge in [0.2, 0.25) is 5.78 Å². The Hall–Kier alpha value is -2.36. The lowest BCUT2D eigenvalue weighted by Gasteiger charge is -1.93. The van der Waals surface area contributed by atoms with Crippen molar-refractivity contribution < 1.29 is 0 Å². The third-order valence-electron chi connectivity index (χ3n) is 3.17. The average Bonchev–Trinajstić information content (AvgIpc) is 2.88. The molecular formula is C13H10N4. The molecule has 0 aliphatic heterocycles. The molecule has 4 nitrogen and oxygen atoms in total. The molecule has 0 fully saturated rings. The van der Waals surface area contributed by atoms with Crippen LogP contribution in [0.5, 0.6) is 0 Å². The van der Waals surface area contributed by atoms with E-state index in [2.05, 4.69) is 26.5 Å². The number of imidazole rings is 2. The third kappa shape index (κ3) is 0.970. The molecule has 17 heavy (non-hydrogen) atoms. The molecule has 0 saturated heterocycles. The molecule has 0 aliphatic carbocycles. The number of para-hydroxylation sites is 2. The molecule has 0 unspecified atom stereocenters. The van der Waals surface area contributed by atoms with Crippen molar-refractivity contribution in [1.29, 1.82) is 0 Å². The fourth-order valence-corrected chi connectivity index (χ4v) is 2.39. The van der Waals surface area contributed by atoms with Gasteiger partial charge < -0.3 is 0 Å². The van der Waals surface area contributed by atoms with E-state index in [0.29, 0.717) is 0 Å². The van der Waals surface area contributed by atoms with Crippen LogP contribution in [0, 0.1) is 0 Å². The highest BCUT2D eigenvalue weighted by molar-refractivity contribution is 5.88. The van der Waals surface area contributed by atoms with Gasteiger partial charge in [-0.2, -0.15) is 0 Å². The van der Waals surface area contributed by atoms with E-state index in [4.69, 9.17) is 0 Å². The Bertz CT molecular complexity index is 854. The van der Waals surface area contributed by atoms with Crippen molar-refractivity contribution in [2.75, 3.05) is 0 Å². The molecule has 4 rings (SSSR count). The van der Waals surface area contributed by atoms with Gasteiger partial charge in [-0.15, -0.1) is 0 Å². The lowest BCUT2D eigenvalue weighted by molar-refractivity contribution is 0.956. The summed E-state index contributed by atoms with van der Waals surface area (Å²) in [7, 11) is 2.00. The van der Waals surface area contributed by atoms with E-state index in [-0.39, 0.29) is 0 Å². The summed E-state index contributed by atoms with van der Waals surface area (Å²) in [5, 5.41) is 0. The summed E-state index contributed by atoms with van der Waals surface area (Å²) >= 11 is 0. The Balaban J connectivity index is 2.41. The SMILES string of the molecule is Cn1c2ncccc2n2c3ccccc3nc12. The summed E-state index contributed by atoms with van der Waals surface area (Å²) in [6.45, 7) is 0. The van der Waals surface area contributed by atoms with Crippen LogP contribution in [0.2, 0.25) is 0 Å². The van der Waals surface area contributed by atoms with E-state index in [0.717, 1.165) is 28.0 Å². The van der Waals surface area contributed by atoms with Crippen LogP contribution in [0.1, 0.15) is 0 Å². The zero-order chi connectivity index (χ0) is 11.4. The van der Waals surface area contributed by atoms with Crippen LogP contribution < -0.4 is 0 Å². The molecule has 0 spiro atoms. The van der Waals surface area contributed by atoms with Crippen LogP contribution in [0.15, 0.2) is 42.6 Å². The molecule has 0 N–H and O–H groups in total. The van der Waals surface area contributed by atoms with Gasteiger partial charge in [0.25, 0.3) is 0 Å². The smallest absolute Gasteiger partial charge is 0.216 e. The first kappa shape index (κ1) is 8.75. The molecule has 0 amide bonds. The number of aryl methyl sites for hydroxylation is 1. The summed E-state index contributed by atoms with van der Waals surface area (Å²) in [4.78, 5) is 9.04. The molecule has 1 aromatic carbocycles. The third-order valence-corrected chi connectivity index (χ3v) is 3.17.